The van der Waals surface area contributed by atoms with E-state index >= 15 is 0 Å². The number of aromatic nitrogens is 2. The van der Waals surface area contributed by atoms with Crippen molar-refractivity contribution < 1.29 is 4.92 Å². The Balaban J connectivity index is 2.53. The minimum absolute atomic E-state index is 0.0934. The first-order valence-corrected chi connectivity index (χ1v) is 4.83. The number of hydrogen-bond donors (Lipinski definition) is 1. The highest BCUT2D eigenvalue weighted by atomic mass is 16.6. The van der Waals surface area contributed by atoms with E-state index in [9.17, 15) is 10.1 Å². The van der Waals surface area contributed by atoms with Gasteiger partial charge in [0.25, 0.3) is 0 Å². The monoisotopic (exact) mass is 210 g/mol. The zero-order valence-corrected chi connectivity index (χ0v) is 8.80. The molecule has 0 aliphatic rings. The Bertz CT molecular complexity index is 325. The molecule has 0 fully saturated rings. The van der Waals surface area contributed by atoms with Crippen molar-refractivity contribution in [1.82, 2.24) is 9.97 Å². The third-order valence-corrected chi connectivity index (χ3v) is 2.15. The third kappa shape index (κ3) is 3.49. The molecule has 0 saturated heterocycles. The van der Waals surface area contributed by atoms with Crippen LogP contribution in [0.3, 0.4) is 0 Å². The largest absolute Gasteiger partial charge is 0.354 e. The zero-order valence-electron chi connectivity index (χ0n) is 8.80. The van der Waals surface area contributed by atoms with Gasteiger partial charge < -0.3 is 5.32 Å². The number of anilines is 1. The molecule has 0 radical (unpaired) electrons. The van der Waals surface area contributed by atoms with Crippen LogP contribution in [-0.2, 0) is 0 Å². The van der Waals surface area contributed by atoms with Gasteiger partial charge in [0.1, 0.15) is 12.4 Å². The molecule has 1 aromatic rings. The zero-order chi connectivity index (χ0) is 11.3. The van der Waals surface area contributed by atoms with E-state index in [0.717, 1.165) is 13.0 Å². The molecule has 0 spiro atoms. The van der Waals surface area contributed by atoms with Gasteiger partial charge in [0, 0.05) is 6.54 Å². The number of hydrogen-bond acceptors (Lipinski definition) is 5. The Kier molecular flexibility index (Phi) is 3.96. The highest BCUT2D eigenvalue weighted by Gasteiger charge is 2.06. The molecule has 6 nitrogen and oxygen atoms in total. The predicted octanol–water partition coefficient (Wildman–Crippen LogP) is 1.84. The van der Waals surface area contributed by atoms with Crippen molar-refractivity contribution in [2.24, 2.45) is 5.92 Å². The Hall–Kier alpha value is -1.72. The van der Waals surface area contributed by atoms with Crippen molar-refractivity contribution in [3.05, 3.63) is 22.5 Å². The summed E-state index contributed by atoms with van der Waals surface area (Å²) in [6.07, 6.45) is 3.47. The van der Waals surface area contributed by atoms with Crippen molar-refractivity contribution in [2.75, 3.05) is 11.9 Å². The van der Waals surface area contributed by atoms with E-state index in [-0.39, 0.29) is 5.69 Å². The summed E-state index contributed by atoms with van der Waals surface area (Å²) in [5.41, 5.74) is -0.0934. The molecule has 0 saturated carbocycles. The Labute approximate surface area is 87.9 Å². The first-order chi connectivity index (χ1) is 7.13. The molecular formula is C9H14N4O2. The van der Waals surface area contributed by atoms with E-state index in [2.05, 4.69) is 29.1 Å². The quantitative estimate of drug-likeness (QED) is 0.592. The normalized spacial score (nSPS) is 12.1. The summed E-state index contributed by atoms with van der Waals surface area (Å²) in [5.74, 6) is 0.963. The van der Waals surface area contributed by atoms with Crippen molar-refractivity contribution in [3.8, 4) is 0 Å². The number of nitro groups is 1. The number of rotatable bonds is 5. The molecule has 0 aromatic carbocycles. The standard InChI is InChI=1S/C9H14N4O2/c1-3-7(2)4-10-9-11-5-8(6-12-9)13(14)15/h5-7H,3-4H2,1-2H3,(H,10,11,12). The lowest BCUT2D eigenvalue weighted by Crippen LogP contribution is -2.12. The average Bonchev–Trinajstić information content (AvgIpc) is 2.26. The first-order valence-electron chi connectivity index (χ1n) is 4.83. The van der Waals surface area contributed by atoms with Crippen LogP contribution in [0.2, 0.25) is 0 Å². The summed E-state index contributed by atoms with van der Waals surface area (Å²) in [6, 6.07) is 0. The number of nitrogens with one attached hydrogen (secondary N) is 1. The van der Waals surface area contributed by atoms with Crippen molar-refractivity contribution >= 4 is 11.6 Å². The van der Waals surface area contributed by atoms with Crippen LogP contribution in [0.15, 0.2) is 12.4 Å². The molecular weight excluding hydrogens is 196 g/mol. The van der Waals surface area contributed by atoms with E-state index in [1.54, 1.807) is 0 Å². The molecule has 0 aliphatic carbocycles. The molecule has 6 heteroatoms. The fourth-order valence-electron chi connectivity index (χ4n) is 0.917. The maximum Gasteiger partial charge on any atom is 0.305 e. The molecule has 1 aromatic heterocycles. The van der Waals surface area contributed by atoms with Gasteiger partial charge in [-0.25, -0.2) is 9.97 Å². The van der Waals surface area contributed by atoms with Crippen LogP contribution in [0, 0.1) is 16.0 Å². The van der Waals surface area contributed by atoms with Gasteiger partial charge in [-0.2, -0.15) is 0 Å². The molecule has 1 atom stereocenters. The molecule has 15 heavy (non-hydrogen) atoms. The van der Waals surface area contributed by atoms with E-state index < -0.39 is 4.92 Å². The maximum atomic E-state index is 10.3. The van der Waals surface area contributed by atoms with Gasteiger partial charge in [-0.3, -0.25) is 10.1 Å². The second kappa shape index (κ2) is 5.23. The lowest BCUT2D eigenvalue weighted by molar-refractivity contribution is -0.385. The first kappa shape index (κ1) is 11.4. The molecule has 0 bridgehead atoms. The molecule has 1 N–H and O–H groups in total. The summed E-state index contributed by atoms with van der Waals surface area (Å²) in [7, 11) is 0. The van der Waals surface area contributed by atoms with E-state index in [4.69, 9.17) is 0 Å². The molecule has 1 unspecified atom stereocenters. The van der Waals surface area contributed by atoms with Gasteiger partial charge >= 0.3 is 5.69 Å². The van der Waals surface area contributed by atoms with Crippen LogP contribution in [0.25, 0.3) is 0 Å². The van der Waals surface area contributed by atoms with Crippen molar-refractivity contribution in [2.45, 2.75) is 20.3 Å². The Morgan fingerprint density at radius 2 is 2.13 bits per heavy atom. The maximum absolute atomic E-state index is 10.3. The van der Waals surface area contributed by atoms with Gasteiger partial charge in [0.2, 0.25) is 5.95 Å². The van der Waals surface area contributed by atoms with Crippen LogP contribution in [0.1, 0.15) is 20.3 Å². The van der Waals surface area contributed by atoms with Crippen molar-refractivity contribution in [3.63, 3.8) is 0 Å². The predicted molar refractivity (Wildman–Crippen MR) is 56.6 cm³/mol. The fraction of sp³-hybridized carbons (Fsp3) is 0.556. The van der Waals surface area contributed by atoms with E-state index in [1.165, 1.54) is 12.4 Å². The fourth-order valence-corrected chi connectivity index (χ4v) is 0.917. The summed E-state index contributed by atoms with van der Waals surface area (Å²) in [6.45, 7) is 4.98. The molecule has 82 valence electrons. The van der Waals surface area contributed by atoms with Crippen LogP contribution < -0.4 is 5.32 Å². The second-order valence-corrected chi connectivity index (χ2v) is 3.42. The van der Waals surface area contributed by atoms with Crippen molar-refractivity contribution in [1.29, 1.82) is 0 Å². The topological polar surface area (TPSA) is 81.0 Å². The minimum Gasteiger partial charge on any atom is -0.354 e. The lowest BCUT2D eigenvalue weighted by Gasteiger charge is -2.08. The number of nitrogens with zero attached hydrogens (tertiary/aromatic N) is 3. The van der Waals surface area contributed by atoms with Crippen LogP contribution in [0.4, 0.5) is 11.6 Å². The molecule has 0 aliphatic heterocycles. The van der Waals surface area contributed by atoms with E-state index in [0.29, 0.717) is 11.9 Å². The van der Waals surface area contributed by atoms with Gasteiger partial charge in [-0.1, -0.05) is 20.3 Å². The lowest BCUT2D eigenvalue weighted by atomic mass is 10.1. The molecule has 1 rings (SSSR count). The highest BCUT2D eigenvalue weighted by molar-refractivity contribution is 5.30. The summed E-state index contributed by atoms with van der Waals surface area (Å²) in [5, 5.41) is 13.3. The molecule has 0 amide bonds. The minimum atomic E-state index is -0.515. The smallest absolute Gasteiger partial charge is 0.305 e. The Morgan fingerprint density at radius 3 is 2.60 bits per heavy atom. The van der Waals surface area contributed by atoms with Gasteiger partial charge in [0.05, 0.1) is 4.92 Å². The SMILES string of the molecule is CCC(C)CNc1ncc([N+](=O)[O-])cn1. The van der Waals surface area contributed by atoms with Crippen LogP contribution >= 0.6 is 0 Å². The highest BCUT2D eigenvalue weighted by Crippen LogP contribution is 2.09. The average molecular weight is 210 g/mol. The summed E-state index contributed by atoms with van der Waals surface area (Å²) < 4.78 is 0. The Morgan fingerprint density at radius 1 is 1.53 bits per heavy atom. The van der Waals surface area contributed by atoms with Gasteiger partial charge in [-0.15, -0.1) is 0 Å². The third-order valence-electron chi connectivity index (χ3n) is 2.15. The summed E-state index contributed by atoms with van der Waals surface area (Å²) >= 11 is 0. The summed E-state index contributed by atoms with van der Waals surface area (Å²) in [4.78, 5) is 17.5. The molecule has 1 heterocycles. The van der Waals surface area contributed by atoms with Gasteiger partial charge in [0.15, 0.2) is 0 Å². The van der Waals surface area contributed by atoms with Crippen LogP contribution in [0.5, 0.6) is 0 Å². The van der Waals surface area contributed by atoms with Crippen LogP contribution in [-0.4, -0.2) is 21.4 Å². The van der Waals surface area contributed by atoms with Gasteiger partial charge in [-0.05, 0) is 5.92 Å². The van der Waals surface area contributed by atoms with E-state index in [1.807, 2.05) is 0 Å². The second-order valence-electron chi connectivity index (χ2n) is 3.42.